The molecule has 0 amide bonds. The summed E-state index contributed by atoms with van der Waals surface area (Å²) < 4.78 is 1.25. The first-order valence-corrected chi connectivity index (χ1v) is 25.7. The number of hydrogen-bond donors (Lipinski definition) is 2. The molecule has 0 fully saturated rings. The summed E-state index contributed by atoms with van der Waals surface area (Å²) in [5, 5.41) is 34.2. The molecule has 72 heavy (non-hydrogen) atoms. The highest BCUT2D eigenvalue weighted by Gasteiger charge is 2.24. The Kier molecular flexibility index (Phi) is 12.4. The zero-order valence-corrected chi connectivity index (χ0v) is 41.4. The van der Waals surface area contributed by atoms with Gasteiger partial charge in [0.2, 0.25) is 0 Å². The van der Waals surface area contributed by atoms with Gasteiger partial charge in [-0.25, -0.2) is 0 Å². The predicted molar refractivity (Wildman–Crippen MR) is 312 cm³/mol. The van der Waals surface area contributed by atoms with E-state index in [4.69, 9.17) is 0 Å². The van der Waals surface area contributed by atoms with Crippen molar-refractivity contribution in [3.05, 3.63) is 270 Å². The van der Waals surface area contributed by atoms with E-state index in [0.717, 1.165) is 51.9 Å². The largest absolute Gasteiger partial charge is 0.489 e. The van der Waals surface area contributed by atoms with Gasteiger partial charge >= 0.3 is 7.12 Å². The lowest BCUT2D eigenvalue weighted by Crippen LogP contribution is -2.31. The van der Waals surface area contributed by atoms with E-state index in [1.54, 1.807) is 0 Å². The minimum Gasteiger partial charge on any atom is -0.423 e. The Hall–Kier alpha value is -7.86. The van der Waals surface area contributed by atoms with Crippen molar-refractivity contribution in [2.75, 3.05) is 0 Å². The van der Waals surface area contributed by atoms with Crippen LogP contribution in [0.4, 0.5) is 0 Å². The van der Waals surface area contributed by atoms with Gasteiger partial charge in [-0.15, -0.1) is 0 Å². The first-order valence-electron chi connectivity index (χ1n) is 24.9. The van der Waals surface area contributed by atoms with Crippen LogP contribution in [0.5, 0.6) is 0 Å². The second kappa shape index (κ2) is 19.7. The van der Waals surface area contributed by atoms with E-state index in [2.05, 4.69) is 210 Å². The van der Waals surface area contributed by atoms with E-state index in [0.29, 0.717) is 5.46 Å². The maximum absolute atomic E-state index is 10.1. The van der Waals surface area contributed by atoms with Crippen LogP contribution >= 0.6 is 15.9 Å². The van der Waals surface area contributed by atoms with Crippen molar-refractivity contribution >= 4 is 103 Å². The molecule has 0 saturated heterocycles. The molecule has 12 aromatic carbocycles. The third kappa shape index (κ3) is 8.42. The molecular formula is C68H50BBrO2. The standard InChI is InChI=1S/C34H24.C24H17BO2.C10H9Br/c1-2-12-25-22-26(21-20-23(25)10-1)33-29-15-5-7-17-31(29)34(32-18-8-6-16-30(32)33)28-19-9-13-24-11-3-4-14-27(24)28;26-25(27)24-21-11-5-3-9-19(21)23(20-10-4-6-12-22(20)24)18-14-13-16-7-1-2-8-17(16)15-18;11-10-7-3-5-8-4-1-2-6-9(8)10/h1-8,10-12,14-22H,9,13H2;1-15,26-27H;1-2,4,6-7H,3,5H2. The second-order valence-corrected chi connectivity index (χ2v) is 19.6. The zero-order valence-electron chi connectivity index (χ0n) is 39.8. The molecule has 2 aliphatic rings. The summed E-state index contributed by atoms with van der Waals surface area (Å²) in [6, 6.07) is 81.6. The molecule has 0 saturated carbocycles. The molecule has 2 nitrogen and oxygen atoms in total. The van der Waals surface area contributed by atoms with Gasteiger partial charge in [0.05, 0.1) is 0 Å². The van der Waals surface area contributed by atoms with Gasteiger partial charge in [0.15, 0.2) is 0 Å². The normalized spacial score (nSPS) is 12.9. The molecule has 0 bridgehead atoms. The number of hydrogen-bond acceptors (Lipinski definition) is 2. The van der Waals surface area contributed by atoms with Crippen LogP contribution in [-0.2, 0) is 12.8 Å². The number of rotatable bonds is 4. The van der Waals surface area contributed by atoms with Crippen LogP contribution in [0.1, 0.15) is 40.7 Å². The molecule has 0 radical (unpaired) electrons. The van der Waals surface area contributed by atoms with Crippen LogP contribution in [0.25, 0.3) is 96.9 Å². The number of allylic oxidation sites excluding steroid dienone is 2. The molecule has 2 N–H and O–H groups in total. The van der Waals surface area contributed by atoms with Crippen LogP contribution in [0, 0.1) is 0 Å². The molecule has 0 aliphatic heterocycles. The van der Waals surface area contributed by atoms with E-state index < -0.39 is 7.12 Å². The lowest BCUT2D eigenvalue weighted by molar-refractivity contribution is 0.426. The van der Waals surface area contributed by atoms with E-state index in [1.165, 1.54) is 98.5 Å². The maximum Gasteiger partial charge on any atom is 0.489 e. The van der Waals surface area contributed by atoms with Gasteiger partial charge in [-0.3, -0.25) is 0 Å². The first kappa shape index (κ1) is 45.3. The van der Waals surface area contributed by atoms with Gasteiger partial charge in [0.25, 0.3) is 0 Å². The molecule has 4 heteroatoms. The van der Waals surface area contributed by atoms with Crippen molar-refractivity contribution in [1.29, 1.82) is 0 Å². The highest BCUT2D eigenvalue weighted by atomic mass is 79.9. The van der Waals surface area contributed by atoms with Crippen molar-refractivity contribution in [1.82, 2.24) is 0 Å². The Bertz CT molecular complexity index is 4000. The molecule has 0 atom stereocenters. The van der Waals surface area contributed by atoms with E-state index >= 15 is 0 Å². The fraction of sp³-hybridized carbons (Fsp3) is 0.0588. The third-order valence-corrected chi connectivity index (χ3v) is 15.3. The summed E-state index contributed by atoms with van der Waals surface area (Å²) >= 11 is 3.55. The predicted octanol–water partition coefficient (Wildman–Crippen LogP) is 17.1. The van der Waals surface area contributed by atoms with Gasteiger partial charge in [-0.1, -0.05) is 246 Å². The van der Waals surface area contributed by atoms with Crippen molar-refractivity contribution in [3.8, 4) is 22.3 Å². The van der Waals surface area contributed by atoms with E-state index in [9.17, 15) is 10.0 Å². The number of benzene rings is 12. The van der Waals surface area contributed by atoms with Gasteiger partial charge in [-0.05, 0) is 164 Å². The molecule has 2 aliphatic carbocycles. The van der Waals surface area contributed by atoms with Crippen LogP contribution in [-0.4, -0.2) is 17.2 Å². The average Bonchev–Trinajstić information content (AvgIpc) is 3.44. The molecule has 344 valence electrons. The van der Waals surface area contributed by atoms with Crippen molar-refractivity contribution in [2.24, 2.45) is 0 Å². The van der Waals surface area contributed by atoms with E-state index in [-0.39, 0.29) is 0 Å². The van der Waals surface area contributed by atoms with Crippen LogP contribution in [0.3, 0.4) is 0 Å². The Labute approximate surface area is 429 Å². The maximum atomic E-state index is 10.1. The summed E-state index contributed by atoms with van der Waals surface area (Å²) in [5.74, 6) is 0. The van der Waals surface area contributed by atoms with Gasteiger partial charge in [0, 0.05) is 4.48 Å². The fourth-order valence-electron chi connectivity index (χ4n) is 11.3. The summed E-state index contributed by atoms with van der Waals surface area (Å²) in [5.41, 5.74) is 13.8. The third-order valence-electron chi connectivity index (χ3n) is 14.6. The smallest absolute Gasteiger partial charge is 0.423 e. The molecule has 14 rings (SSSR count). The molecule has 0 spiro atoms. The number of fused-ring (bicyclic) bond motifs is 8. The Morgan fingerprint density at radius 2 is 0.694 bits per heavy atom. The average molecular weight is 990 g/mol. The lowest BCUT2D eigenvalue weighted by atomic mass is 9.72. The minimum absolute atomic E-state index is 0.561. The van der Waals surface area contributed by atoms with Gasteiger partial charge in [-0.2, -0.15) is 0 Å². The molecule has 0 heterocycles. The fourth-order valence-corrected chi connectivity index (χ4v) is 11.9. The summed E-state index contributed by atoms with van der Waals surface area (Å²) in [6.45, 7) is 0. The molecule has 12 aromatic rings. The van der Waals surface area contributed by atoms with E-state index in [1.807, 2.05) is 48.5 Å². The van der Waals surface area contributed by atoms with Crippen molar-refractivity contribution in [3.63, 3.8) is 0 Å². The van der Waals surface area contributed by atoms with Crippen LogP contribution in [0.2, 0.25) is 0 Å². The Morgan fingerprint density at radius 1 is 0.333 bits per heavy atom. The van der Waals surface area contributed by atoms with Gasteiger partial charge in [0.1, 0.15) is 0 Å². The lowest BCUT2D eigenvalue weighted by Gasteiger charge is -2.23. The molecule has 0 unspecified atom stereocenters. The summed E-state index contributed by atoms with van der Waals surface area (Å²) in [4.78, 5) is 0. The number of aryl methyl sites for hydroxylation is 2. The van der Waals surface area contributed by atoms with Crippen molar-refractivity contribution < 1.29 is 10.0 Å². The van der Waals surface area contributed by atoms with Crippen molar-refractivity contribution in [2.45, 2.75) is 25.7 Å². The Morgan fingerprint density at radius 3 is 1.17 bits per heavy atom. The highest BCUT2D eigenvalue weighted by Crippen LogP contribution is 2.45. The Balaban J connectivity index is 0.000000124. The van der Waals surface area contributed by atoms with Crippen LogP contribution < -0.4 is 5.46 Å². The molecule has 0 aromatic heterocycles. The summed E-state index contributed by atoms with van der Waals surface area (Å²) in [7, 11) is -1.52. The number of halogens is 1. The topological polar surface area (TPSA) is 40.5 Å². The zero-order chi connectivity index (χ0) is 48.5. The highest BCUT2D eigenvalue weighted by molar-refractivity contribution is 9.15. The first-order chi connectivity index (χ1) is 35.5. The molecular weight excluding hydrogens is 939 g/mol. The minimum atomic E-state index is -1.52. The summed E-state index contributed by atoms with van der Waals surface area (Å²) in [6.07, 6.45) is 9.24. The quantitative estimate of drug-likeness (QED) is 0.136. The second-order valence-electron chi connectivity index (χ2n) is 18.8. The SMILES string of the molecule is BrC1=CCCc2ccccc21.C1=C(c2c3ccccc3c(-c3ccc4ccccc4c3)c3ccccc23)c2ccccc2CC1.OB(O)c1c2ccccc2c(-c2ccc3ccccc3c2)c2ccccc12. The monoisotopic (exact) mass is 988 g/mol. The van der Waals surface area contributed by atoms with Crippen LogP contribution in [0.15, 0.2) is 243 Å². The van der Waals surface area contributed by atoms with Gasteiger partial charge < -0.3 is 10.0 Å².